The van der Waals surface area contributed by atoms with Gasteiger partial charge in [-0.15, -0.1) is 0 Å². The van der Waals surface area contributed by atoms with Gasteiger partial charge < -0.3 is 10.2 Å². The fraction of sp³-hybridized carbons (Fsp3) is 0.562. The number of hydrogen-bond donors (Lipinski definition) is 3. The zero-order valence-corrected chi connectivity index (χ0v) is 13.6. The fourth-order valence-electron chi connectivity index (χ4n) is 3.23. The minimum atomic E-state index is -0.135. The van der Waals surface area contributed by atoms with Gasteiger partial charge in [-0.25, -0.2) is 5.43 Å². The molecule has 2 fully saturated rings. The third kappa shape index (κ3) is 3.27. The average molecular weight is 323 g/mol. The Morgan fingerprint density at radius 1 is 1.41 bits per heavy atom. The van der Waals surface area contributed by atoms with Crippen molar-refractivity contribution >= 4 is 17.5 Å². The summed E-state index contributed by atoms with van der Waals surface area (Å²) in [6.07, 6.45) is 1.87. The second kappa shape index (κ2) is 6.96. The van der Waals surface area contributed by atoms with E-state index in [2.05, 4.69) is 23.1 Å². The Bertz CT molecular complexity index is 539. The van der Waals surface area contributed by atoms with E-state index in [0.717, 1.165) is 38.0 Å². The molecule has 1 aromatic rings. The van der Waals surface area contributed by atoms with Crippen LogP contribution in [0, 0.1) is 0 Å². The third-order valence-corrected chi connectivity index (χ3v) is 4.77. The van der Waals surface area contributed by atoms with E-state index in [1.165, 1.54) is 0 Å². The first-order chi connectivity index (χ1) is 10.7. The van der Waals surface area contributed by atoms with Crippen LogP contribution < -0.4 is 16.2 Å². The van der Waals surface area contributed by atoms with Crippen molar-refractivity contribution < 1.29 is 4.79 Å². The Labute approximate surface area is 136 Å². The highest BCUT2D eigenvalue weighted by Crippen LogP contribution is 2.26. The number of nitrogens with zero attached hydrogens (tertiary/aromatic N) is 1. The molecule has 0 saturated carbocycles. The van der Waals surface area contributed by atoms with Gasteiger partial charge in [-0.1, -0.05) is 30.7 Å². The van der Waals surface area contributed by atoms with Crippen molar-refractivity contribution in [2.75, 3.05) is 19.6 Å². The zero-order valence-electron chi connectivity index (χ0n) is 12.8. The second-order valence-electron chi connectivity index (χ2n) is 5.99. The fourth-order valence-corrected chi connectivity index (χ4v) is 3.43. The van der Waals surface area contributed by atoms with Gasteiger partial charge in [0.05, 0.1) is 6.04 Å². The lowest BCUT2D eigenvalue weighted by Crippen LogP contribution is -2.54. The molecule has 1 amide bonds. The maximum Gasteiger partial charge on any atom is 0.241 e. The maximum absolute atomic E-state index is 12.9. The maximum atomic E-state index is 12.9. The molecule has 120 valence electrons. The van der Waals surface area contributed by atoms with Crippen molar-refractivity contribution in [3.05, 3.63) is 34.9 Å². The highest BCUT2D eigenvalue weighted by atomic mass is 35.5. The molecule has 6 heteroatoms. The molecule has 3 atom stereocenters. The van der Waals surface area contributed by atoms with E-state index in [1.807, 2.05) is 29.2 Å². The smallest absolute Gasteiger partial charge is 0.241 e. The standard InChI is InChI=1S/C16H23ClN4O/c1-2-13-9-14(20-19-13)16(22)21-7-6-18-10-15(21)11-4-3-5-12(17)8-11/h3-5,8,13-15,18-20H,2,6-7,9-10H2,1H3. The number of hydrazine groups is 1. The Kier molecular flexibility index (Phi) is 4.98. The normalized spacial score (nSPS) is 28.8. The van der Waals surface area contributed by atoms with Gasteiger partial charge in [0.2, 0.25) is 5.91 Å². The molecule has 2 heterocycles. The molecule has 0 bridgehead atoms. The molecule has 0 aromatic heterocycles. The zero-order chi connectivity index (χ0) is 15.5. The summed E-state index contributed by atoms with van der Waals surface area (Å²) in [6, 6.07) is 8.08. The van der Waals surface area contributed by atoms with Gasteiger partial charge >= 0.3 is 0 Å². The molecule has 0 spiro atoms. The summed E-state index contributed by atoms with van der Waals surface area (Å²) in [5.74, 6) is 0.176. The molecule has 2 aliphatic heterocycles. The van der Waals surface area contributed by atoms with Crippen molar-refractivity contribution in [2.24, 2.45) is 0 Å². The van der Waals surface area contributed by atoms with Gasteiger partial charge in [0.1, 0.15) is 6.04 Å². The highest BCUT2D eigenvalue weighted by Gasteiger charge is 2.35. The van der Waals surface area contributed by atoms with E-state index in [4.69, 9.17) is 11.6 Å². The number of benzene rings is 1. The van der Waals surface area contributed by atoms with Gasteiger partial charge in [-0.3, -0.25) is 10.2 Å². The van der Waals surface area contributed by atoms with Gasteiger partial charge in [0, 0.05) is 30.7 Å². The lowest BCUT2D eigenvalue weighted by atomic mass is 10.0. The Balaban J connectivity index is 1.76. The molecule has 3 unspecified atom stereocenters. The van der Waals surface area contributed by atoms with Crippen molar-refractivity contribution in [1.82, 2.24) is 21.1 Å². The number of carbonyl (C=O) groups is 1. The number of rotatable bonds is 3. The molecule has 0 radical (unpaired) electrons. The molecule has 2 saturated heterocycles. The van der Waals surface area contributed by atoms with Crippen LogP contribution >= 0.6 is 11.6 Å². The lowest BCUT2D eigenvalue weighted by molar-refractivity contribution is -0.136. The van der Waals surface area contributed by atoms with Crippen LogP contribution in [0.1, 0.15) is 31.4 Å². The van der Waals surface area contributed by atoms with Gasteiger partial charge in [0.25, 0.3) is 0 Å². The molecule has 5 nitrogen and oxygen atoms in total. The van der Waals surface area contributed by atoms with Crippen LogP contribution in [0.2, 0.25) is 5.02 Å². The van der Waals surface area contributed by atoms with E-state index in [-0.39, 0.29) is 18.0 Å². The first-order valence-corrected chi connectivity index (χ1v) is 8.34. The van der Waals surface area contributed by atoms with Gasteiger partial charge in [-0.05, 0) is 30.5 Å². The summed E-state index contributed by atoms with van der Waals surface area (Å²) < 4.78 is 0. The van der Waals surface area contributed by atoms with E-state index in [9.17, 15) is 4.79 Å². The minimum Gasteiger partial charge on any atom is -0.332 e. The van der Waals surface area contributed by atoms with Crippen molar-refractivity contribution in [3.63, 3.8) is 0 Å². The number of hydrogen-bond acceptors (Lipinski definition) is 4. The van der Waals surface area contributed by atoms with Crippen molar-refractivity contribution in [3.8, 4) is 0 Å². The molecule has 1 aromatic carbocycles. The van der Waals surface area contributed by atoms with Crippen molar-refractivity contribution in [2.45, 2.75) is 37.9 Å². The summed E-state index contributed by atoms with van der Waals surface area (Å²) in [7, 11) is 0. The van der Waals surface area contributed by atoms with E-state index in [1.54, 1.807) is 0 Å². The quantitative estimate of drug-likeness (QED) is 0.788. The van der Waals surface area contributed by atoms with Crippen LogP contribution in [0.25, 0.3) is 0 Å². The van der Waals surface area contributed by atoms with E-state index < -0.39 is 0 Å². The number of nitrogens with one attached hydrogen (secondary N) is 3. The topological polar surface area (TPSA) is 56.4 Å². The average Bonchev–Trinajstić information content (AvgIpc) is 3.03. The summed E-state index contributed by atoms with van der Waals surface area (Å²) in [4.78, 5) is 14.9. The Morgan fingerprint density at radius 2 is 2.27 bits per heavy atom. The molecule has 22 heavy (non-hydrogen) atoms. The van der Waals surface area contributed by atoms with Crippen LogP contribution in [0.3, 0.4) is 0 Å². The molecular weight excluding hydrogens is 300 g/mol. The van der Waals surface area contributed by atoms with Gasteiger partial charge in [0.15, 0.2) is 0 Å². The largest absolute Gasteiger partial charge is 0.332 e. The van der Waals surface area contributed by atoms with Crippen LogP contribution in [0.15, 0.2) is 24.3 Å². The van der Waals surface area contributed by atoms with Crippen LogP contribution in [0.5, 0.6) is 0 Å². The number of amides is 1. The minimum absolute atomic E-state index is 0.0439. The molecular formula is C16H23ClN4O. The van der Waals surface area contributed by atoms with Crippen LogP contribution in [-0.2, 0) is 4.79 Å². The van der Waals surface area contributed by atoms with Gasteiger partial charge in [-0.2, -0.15) is 0 Å². The van der Waals surface area contributed by atoms with Crippen LogP contribution in [-0.4, -0.2) is 42.5 Å². The number of halogens is 1. The second-order valence-corrected chi connectivity index (χ2v) is 6.43. The summed E-state index contributed by atoms with van der Waals surface area (Å²) >= 11 is 6.11. The van der Waals surface area contributed by atoms with E-state index >= 15 is 0 Å². The van der Waals surface area contributed by atoms with Crippen molar-refractivity contribution in [1.29, 1.82) is 0 Å². The summed E-state index contributed by atoms with van der Waals surface area (Å²) in [6.45, 7) is 4.46. The lowest BCUT2D eigenvalue weighted by Gasteiger charge is -2.38. The van der Waals surface area contributed by atoms with E-state index in [0.29, 0.717) is 11.1 Å². The number of piperazine rings is 1. The Morgan fingerprint density at radius 3 is 3.00 bits per heavy atom. The predicted octanol–water partition coefficient (Wildman–Crippen LogP) is 1.46. The molecule has 3 rings (SSSR count). The first-order valence-electron chi connectivity index (χ1n) is 7.96. The number of carbonyl (C=O) groups excluding carboxylic acids is 1. The first kappa shape index (κ1) is 15.7. The highest BCUT2D eigenvalue weighted by molar-refractivity contribution is 6.30. The predicted molar refractivity (Wildman–Crippen MR) is 87.5 cm³/mol. The monoisotopic (exact) mass is 322 g/mol. The summed E-state index contributed by atoms with van der Waals surface area (Å²) in [5, 5.41) is 4.09. The third-order valence-electron chi connectivity index (χ3n) is 4.53. The molecule has 3 N–H and O–H groups in total. The Hall–Kier alpha value is -1.14. The SMILES string of the molecule is CCC1CC(C(=O)N2CCNCC2c2cccc(Cl)c2)NN1. The van der Waals surface area contributed by atoms with Crippen LogP contribution in [0.4, 0.5) is 0 Å². The molecule has 0 aliphatic carbocycles. The molecule has 2 aliphatic rings. The summed E-state index contributed by atoms with van der Waals surface area (Å²) in [5.41, 5.74) is 7.45.